The number of rotatable bonds is 1. The molecule has 6 heteroatoms. The molecule has 0 aromatic rings. The summed E-state index contributed by atoms with van der Waals surface area (Å²) < 4.78 is 0. The van der Waals surface area contributed by atoms with Crippen molar-refractivity contribution < 1.29 is 19.8 Å². The van der Waals surface area contributed by atoms with Crippen LogP contribution in [-0.4, -0.2) is 64.3 Å². The minimum absolute atomic E-state index is 0.00384. The molecule has 3 rings (SSSR count). The van der Waals surface area contributed by atoms with Crippen LogP contribution in [0.2, 0.25) is 0 Å². The molecule has 1 saturated carbocycles. The number of carboxylic acids is 1. The summed E-state index contributed by atoms with van der Waals surface area (Å²) in [5.74, 6) is -0.629. The van der Waals surface area contributed by atoms with Gasteiger partial charge in [-0.15, -0.1) is 0 Å². The average molecular weight is 282 g/mol. The Morgan fingerprint density at radius 2 is 1.75 bits per heavy atom. The highest BCUT2D eigenvalue weighted by molar-refractivity contribution is 5.78. The quantitative estimate of drug-likeness (QED) is 0.732. The van der Waals surface area contributed by atoms with Gasteiger partial charge in [-0.25, -0.2) is 4.79 Å². The number of hydrogen-bond donors (Lipinski definition) is 2. The molecule has 3 aliphatic rings. The Labute approximate surface area is 118 Å². The summed E-state index contributed by atoms with van der Waals surface area (Å²) in [5, 5.41) is 19.0. The predicted molar refractivity (Wildman–Crippen MR) is 71.1 cm³/mol. The van der Waals surface area contributed by atoms with Crippen LogP contribution in [0.3, 0.4) is 0 Å². The van der Waals surface area contributed by atoms with Gasteiger partial charge in [0.2, 0.25) is 0 Å². The zero-order chi connectivity index (χ0) is 14.4. The second-order valence-corrected chi connectivity index (χ2v) is 6.58. The van der Waals surface area contributed by atoms with Gasteiger partial charge in [-0.1, -0.05) is 6.92 Å². The maximum Gasteiger partial charge on any atom is 0.320 e. The summed E-state index contributed by atoms with van der Waals surface area (Å²) >= 11 is 0. The molecule has 0 bridgehead atoms. The van der Waals surface area contributed by atoms with E-state index in [-0.39, 0.29) is 24.0 Å². The van der Waals surface area contributed by atoms with Crippen molar-refractivity contribution in [2.45, 2.75) is 25.9 Å². The molecule has 1 aliphatic carbocycles. The Morgan fingerprint density at radius 3 is 2.35 bits per heavy atom. The van der Waals surface area contributed by atoms with E-state index in [1.807, 2.05) is 6.92 Å². The topological polar surface area (TPSA) is 81.1 Å². The standard InChI is InChI=1S/C14H22N2O4/c1-8-4-15(6-10(8)13(18)19)14(20)16-5-9-2-3-12(17)11(9)7-16/h8-12,17H,2-7H2,1H3,(H,18,19)/t8-,9?,10-,11?,12?/m1/s1. The number of aliphatic carboxylic acids is 1. The van der Waals surface area contributed by atoms with Crippen molar-refractivity contribution in [3.05, 3.63) is 0 Å². The highest BCUT2D eigenvalue weighted by atomic mass is 16.4. The maximum absolute atomic E-state index is 12.5. The third kappa shape index (κ3) is 2.16. The molecule has 6 nitrogen and oxygen atoms in total. The molecule has 0 aromatic carbocycles. The highest BCUT2D eigenvalue weighted by Crippen LogP contribution is 2.38. The second kappa shape index (κ2) is 4.91. The summed E-state index contributed by atoms with van der Waals surface area (Å²) in [4.78, 5) is 27.1. The molecule has 5 atom stereocenters. The number of carbonyl (C=O) groups is 2. The number of carbonyl (C=O) groups excluding carboxylic acids is 1. The van der Waals surface area contributed by atoms with Crippen LogP contribution >= 0.6 is 0 Å². The predicted octanol–water partition coefficient (Wildman–Crippen LogP) is 0.462. The SMILES string of the molecule is C[C@@H]1CN(C(=O)N2CC3CCC(O)C3C2)C[C@H]1C(=O)O. The normalized spacial score (nSPS) is 40.2. The number of hydrogen-bond acceptors (Lipinski definition) is 3. The van der Waals surface area contributed by atoms with Crippen molar-refractivity contribution in [2.24, 2.45) is 23.7 Å². The van der Waals surface area contributed by atoms with Crippen LogP contribution in [0.15, 0.2) is 0 Å². The number of urea groups is 1. The Kier molecular flexibility index (Phi) is 3.36. The van der Waals surface area contributed by atoms with Crippen molar-refractivity contribution in [2.75, 3.05) is 26.2 Å². The van der Waals surface area contributed by atoms with Crippen molar-refractivity contribution in [3.63, 3.8) is 0 Å². The van der Waals surface area contributed by atoms with Gasteiger partial charge >= 0.3 is 12.0 Å². The van der Waals surface area contributed by atoms with Crippen LogP contribution in [0.5, 0.6) is 0 Å². The summed E-state index contributed by atoms with van der Waals surface area (Å²) in [7, 11) is 0. The van der Waals surface area contributed by atoms with Crippen LogP contribution in [0, 0.1) is 23.7 Å². The van der Waals surface area contributed by atoms with Crippen molar-refractivity contribution in [1.29, 1.82) is 0 Å². The average Bonchev–Trinajstić information content (AvgIpc) is 3.05. The molecule has 0 radical (unpaired) electrons. The number of amides is 2. The minimum Gasteiger partial charge on any atom is -0.481 e. The molecule has 20 heavy (non-hydrogen) atoms. The van der Waals surface area contributed by atoms with Crippen LogP contribution in [0.4, 0.5) is 4.79 Å². The van der Waals surface area contributed by atoms with E-state index in [0.717, 1.165) is 12.8 Å². The molecular formula is C14H22N2O4. The van der Waals surface area contributed by atoms with Gasteiger partial charge in [-0.2, -0.15) is 0 Å². The van der Waals surface area contributed by atoms with E-state index < -0.39 is 11.9 Å². The van der Waals surface area contributed by atoms with Crippen LogP contribution in [-0.2, 0) is 4.79 Å². The zero-order valence-corrected chi connectivity index (χ0v) is 11.7. The van der Waals surface area contributed by atoms with Gasteiger partial charge in [0.25, 0.3) is 0 Å². The van der Waals surface area contributed by atoms with E-state index in [2.05, 4.69) is 0 Å². The number of aliphatic hydroxyl groups is 1. The summed E-state index contributed by atoms with van der Waals surface area (Å²) in [6.45, 7) is 4.04. The number of carboxylic acid groups (broad SMARTS) is 1. The third-order valence-corrected chi connectivity index (χ3v) is 5.29. The first-order valence-electron chi connectivity index (χ1n) is 7.42. The van der Waals surface area contributed by atoms with E-state index in [4.69, 9.17) is 5.11 Å². The van der Waals surface area contributed by atoms with Gasteiger partial charge < -0.3 is 20.0 Å². The lowest BCUT2D eigenvalue weighted by Crippen LogP contribution is -2.42. The molecule has 2 saturated heterocycles. The van der Waals surface area contributed by atoms with Crippen LogP contribution < -0.4 is 0 Å². The first-order chi connectivity index (χ1) is 9.47. The lowest BCUT2D eigenvalue weighted by molar-refractivity contribution is -0.142. The van der Waals surface area contributed by atoms with Gasteiger partial charge in [0.15, 0.2) is 0 Å². The van der Waals surface area contributed by atoms with Crippen molar-refractivity contribution in [1.82, 2.24) is 9.80 Å². The maximum atomic E-state index is 12.5. The lowest BCUT2D eigenvalue weighted by atomic mass is 9.99. The molecule has 3 fully saturated rings. The van der Waals surface area contributed by atoms with E-state index in [1.54, 1.807) is 9.80 Å². The van der Waals surface area contributed by atoms with Gasteiger partial charge in [-0.3, -0.25) is 4.79 Å². The van der Waals surface area contributed by atoms with E-state index in [0.29, 0.717) is 32.1 Å². The Morgan fingerprint density at radius 1 is 1.05 bits per heavy atom. The number of fused-ring (bicyclic) bond motifs is 1. The molecule has 2 amide bonds. The minimum atomic E-state index is -0.818. The van der Waals surface area contributed by atoms with Gasteiger partial charge in [-0.05, 0) is 24.7 Å². The molecule has 0 aromatic heterocycles. The molecule has 2 aliphatic heterocycles. The van der Waals surface area contributed by atoms with Crippen molar-refractivity contribution >= 4 is 12.0 Å². The van der Waals surface area contributed by atoms with Gasteiger partial charge in [0.05, 0.1) is 12.0 Å². The van der Waals surface area contributed by atoms with E-state index >= 15 is 0 Å². The number of likely N-dealkylation sites (tertiary alicyclic amines) is 2. The Bertz CT molecular complexity index is 427. The Balaban J connectivity index is 1.62. The van der Waals surface area contributed by atoms with E-state index in [1.165, 1.54) is 0 Å². The molecule has 112 valence electrons. The Hall–Kier alpha value is -1.30. The van der Waals surface area contributed by atoms with E-state index in [9.17, 15) is 14.7 Å². The molecule has 2 N–H and O–H groups in total. The fourth-order valence-corrected chi connectivity index (χ4v) is 4.04. The van der Waals surface area contributed by atoms with Crippen LogP contribution in [0.1, 0.15) is 19.8 Å². The summed E-state index contributed by atoms with van der Waals surface area (Å²) in [6, 6.07) is -0.0535. The third-order valence-electron chi connectivity index (χ3n) is 5.29. The fraction of sp³-hybridized carbons (Fsp3) is 0.857. The molecule has 2 heterocycles. The number of nitrogens with zero attached hydrogens (tertiary/aromatic N) is 2. The second-order valence-electron chi connectivity index (χ2n) is 6.58. The van der Waals surface area contributed by atoms with Crippen LogP contribution in [0.25, 0.3) is 0 Å². The summed E-state index contributed by atoms with van der Waals surface area (Å²) in [6.07, 6.45) is 1.56. The summed E-state index contributed by atoms with van der Waals surface area (Å²) in [5.41, 5.74) is 0. The smallest absolute Gasteiger partial charge is 0.320 e. The molecular weight excluding hydrogens is 260 g/mol. The zero-order valence-electron chi connectivity index (χ0n) is 11.7. The first kappa shape index (κ1) is 13.7. The first-order valence-corrected chi connectivity index (χ1v) is 7.42. The number of aliphatic hydroxyl groups excluding tert-OH is 1. The van der Waals surface area contributed by atoms with Gasteiger partial charge in [0.1, 0.15) is 0 Å². The fourth-order valence-electron chi connectivity index (χ4n) is 4.04. The molecule has 3 unspecified atom stereocenters. The molecule has 0 spiro atoms. The monoisotopic (exact) mass is 282 g/mol. The van der Waals surface area contributed by atoms with Crippen molar-refractivity contribution in [3.8, 4) is 0 Å². The highest BCUT2D eigenvalue weighted by Gasteiger charge is 2.46. The lowest BCUT2D eigenvalue weighted by Gasteiger charge is -2.25. The largest absolute Gasteiger partial charge is 0.481 e. The van der Waals surface area contributed by atoms with Gasteiger partial charge in [0, 0.05) is 32.1 Å².